The third-order valence-electron chi connectivity index (χ3n) is 10.1. The van der Waals surface area contributed by atoms with E-state index in [4.69, 9.17) is 5.73 Å². The summed E-state index contributed by atoms with van der Waals surface area (Å²) in [7, 11) is 0. The minimum absolute atomic E-state index is 0. The maximum atomic E-state index is 12.1. The summed E-state index contributed by atoms with van der Waals surface area (Å²) in [6.45, 7) is 8.85. The molecule has 0 aromatic rings. The minimum Gasteiger partial charge on any atom is -0.393 e. The van der Waals surface area contributed by atoms with Gasteiger partial charge in [0.25, 0.3) is 0 Å². The van der Waals surface area contributed by atoms with Crippen LogP contribution in [0.2, 0.25) is 0 Å². The molecule has 0 radical (unpaired) electrons. The normalized spacial score (nSPS) is 48.3. The highest BCUT2D eigenvalue weighted by molar-refractivity contribution is 5.85. The van der Waals surface area contributed by atoms with E-state index in [1.54, 1.807) is 6.92 Å². The van der Waals surface area contributed by atoms with Crippen LogP contribution in [0.3, 0.4) is 0 Å². The van der Waals surface area contributed by atoms with E-state index < -0.39 is 6.04 Å². The molecule has 4 saturated carbocycles. The molecule has 4 N–H and O–H groups in total. The summed E-state index contributed by atoms with van der Waals surface area (Å²) in [5.41, 5.74) is 6.54. The Balaban J connectivity index is 0.00000240. The number of fused-ring (bicyclic) bond motifs is 5. The van der Waals surface area contributed by atoms with E-state index in [0.717, 1.165) is 36.5 Å². The molecule has 4 fully saturated rings. The smallest absolute Gasteiger partial charge is 0.236 e. The van der Waals surface area contributed by atoms with Gasteiger partial charge >= 0.3 is 0 Å². The third kappa shape index (κ3) is 3.76. The van der Waals surface area contributed by atoms with Crippen molar-refractivity contribution in [3.05, 3.63) is 0 Å². The molecule has 0 aliphatic heterocycles. The lowest BCUT2D eigenvalue weighted by Gasteiger charge is -2.61. The van der Waals surface area contributed by atoms with Gasteiger partial charge in [-0.1, -0.05) is 13.8 Å². The van der Waals surface area contributed by atoms with Gasteiger partial charge in [-0.15, -0.1) is 12.4 Å². The van der Waals surface area contributed by atoms with Crippen molar-refractivity contribution in [3.63, 3.8) is 0 Å². The van der Waals surface area contributed by atoms with Crippen molar-refractivity contribution >= 4 is 18.3 Å². The summed E-state index contributed by atoms with van der Waals surface area (Å²) in [6.07, 6.45) is 11.2. The highest BCUT2D eigenvalue weighted by Gasteiger charge is 2.60. The summed E-state index contributed by atoms with van der Waals surface area (Å²) in [4.78, 5) is 12.1. The fraction of sp³-hybridized carbons (Fsp3) is 0.958. The first kappa shape index (κ1) is 23.3. The van der Waals surface area contributed by atoms with Crippen molar-refractivity contribution in [1.82, 2.24) is 5.32 Å². The number of carbonyl (C=O) groups is 1. The molecular weight excluding hydrogens is 384 g/mol. The zero-order chi connectivity index (χ0) is 20.3. The summed E-state index contributed by atoms with van der Waals surface area (Å²) in [6, 6.07) is -0.0997. The Morgan fingerprint density at radius 1 is 1.00 bits per heavy atom. The van der Waals surface area contributed by atoms with Gasteiger partial charge in [0.2, 0.25) is 5.91 Å². The second kappa shape index (κ2) is 8.31. The van der Waals surface area contributed by atoms with Gasteiger partial charge in [0.15, 0.2) is 0 Å². The van der Waals surface area contributed by atoms with Gasteiger partial charge in [0, 0.05) is 6.04 Å². The predicted molar refractivity (Wildman–Crippen MR) is 120 cm³/mol. The van der Waals surface area contributed by atoms with Crippen LogP contribution in [0.4, 0.5) is 0 Å². The molecular formula is C24H43ClN2O2. The Bertz CT molecular complexity index is 612. The molecule has 4 aliphatic carbocycles. The monoisotopic (exact) mass is 426 g/mol. The molecule has 0 spiro atoms. The van der Waals surface area contributed by atoms with Crippen LogP contribution in [0.15, 0.2) is 0 Å². The molecule has 1 amide bonds. The molecule has 0 saturated heterocycles. The lowest BCUT2D eigenvalue weighted by Crippen LogP contribution is -2.56. The van der Waals surface area contributed by atoms with Crippen LogP contribution in [0.1, 0.15) is 85.5 Å². The number of halogens is 1. The van der Waals surface area contributed by atoms with Crippen molar-refractivity contribution in [2.24, 2.45) is 46.2 Å². The SMILES string of the molecule is C[C@H](N)C(=O)NC1CC[C@@]2(C)C(CC[C@H]3[C@@H]4CC[C@H]([C@H](C)O)[C@@]4(C)CC[C@@H]32)C1.Cl. The van der Waals surface area contributed by atoms with E-state index in [9.17, 15) is 9.90 Å². The van der Waals surface area contributed by atoms with Gasteiger partial charge in [-0.2, -0.15) is 0 Å². The number of carbonyl (C=O) groups excluding carboxylic acids is 1. The van der Waals surface area contributed by atoms with E-state index >= 15 is 0 Å². The number of aliphatic hydroxyl groups is 1. The molecule has 4 nitrogen and oxygen atoms in total. The topological polar surface area (TPSA) is 75.4 Å². The summed E-state index contributed by atoms with van der Waals surface area (Å²) in [5, 5.41) is 13.6. The van der Waals surface area contributed by atoms with Gasteiger partial charge < -0.3 is 16.2 Å². The first-order chi connectivity index (χ1) is 13.2. The number of aliphatic hydroxyl groups excluding tert-OH is 1. The predicted octanol–water partition coefficient (Wildman–Crippen LogP) is 4.28. The first-order valence-electron chi connectivity index (χ1n) is 11.9. The van der Waals surface area contributed by atoms with E-state index in [1.165, 1.54) is 44.9 Å². The van der Waals surface area contributed by atoms with Crippen molar-refractivity contribution in [2.75, 3.05) is 0 Å². The van der Waals surface area contributed by atoms with E-state index in [0.29, 0.717) is 22.8 Å². The van der Waals surface area contributed by atoms with Gasteiger partial charge in [-0.05, 0) is 112 Å². The number of amides is 1. The Morgan fingerprint density at radius 3 is 2.31 bits per heavy atom. The average molecular weight is 427 g/mol. The lowest BCUT2D eigenvalue weighted by atomic mass is 9.44. The maximum Gasteiger partial charge on any atom is 0.236 e. The van der Waals surface area contributed by atoms with Crippen LogP contribution in [0, 0.1) is 40.4 Å². The standard InChI is InChI=1S/C24H42N2O2.ClH/c1-14(25)22(28)26-17-9-11-23(3)16(13-17)5-6-18-20-8-7-19(15(2)27)24(20,4)12-10-21(18)23;/h14-21,27H,5-13,25H2,1-4H3,(H,26,28);1H/t14-,15-,16?,17?,18-,19+,20-,21-,23-,24+;/m0./s1. The van der Waals surface area contributed by atoms with Gasteiger partial charge in [-0.25, -0.2) is 0 Å². The average Bonchev–Trinajstić information content (AvgIpc) is 2.99. The molecule has 4 rings (SSSR count). The molecule has 10 atom stereocenters. The van der Waals surface area contributed by atoms with Crippen LogP contribution in [-0.4, -0.2) is 29.2 Å². The second-order valence-electron chi connectivity index (χ2n) is 11.4. The molecule has 29 heavy (non-hydrogen) atoms. The van der Waals surface area contributed by atoms with Crippen molar-refractivity contribution in [1.29, 1.82) is 0 Å². The molecule has 168 valence electrons. The fourth-order valence-corrected chi connectivity index (χ4v) is 8.55. The van der Waals surface area contributed by atoms with Crippen LogP contribution in [-0.2, 0) is 4.79 Å². The molecule has 2 unspecified atom stereocenters. The van der Waals surface area contributed by atoms with Crippen molar-refractivity contribution in [3.8, 4) is 0 Å². The minimum atomic E-state index is -0.413. The Morgan fingerprint density at radius 2 is 1.66 bits per heavy atom. The molecule has 4 aliphatic rings. The molecule has 0 heterocycles. The first-order valence-corrected chi connectivity index (χ1v) is 11.9. The van der Waals surface area contributed by atoms with Gasteiger partial charge in [0.1, 0.15) is 0 Å². The number of hydrogen-bond acceptors (Lipinski definition) is 3. The van der Waals surface area contributed by atoms with E-state index in [1.807, 2.05) is 6.92 Å². The molecule has 0 bridgehead atoms. The second-order valence-corrected chi connectivity index (χ2v) is 11.4. The number of rotatable bonds is 3. The Hall–Kier alpha value is -0.320. The summed E-state index contributed by atoms with van der Waals surface area (Å²) < 4.78 is 0. The number of hydrogen-bond donors (Lipinski definition) is 3. The Labute approximate surface area is 183 Å². The Kier molecular flexibility index (Phi) is 6.69. The lowest BCUT2D eigenvalue weighted by molar-refractivity contribution is -0.130. The quantitative estimate of drug-likeness (QED) is 0.630. The highest BCUT2D eigenvalue weighted by Crippen LogP contribution is 2.67. The van der Waals surface area contributed by atoms with Crippen molar-refractivity contribution < 1.29 is 9.90 Å². The summed E-state index contributed by atoms with van der Waals surface area (Å²) in [5.74, 6) is 3.72. The largest absolute Gasteiger partial charge is 0.393 e. The number of nitrogens with one attached hydrogen (secondary N) is 1. The van der Waals surface area contributed by atoms with E-state index in [2.05, 4.69) is 19.2 Å². The van der Waals surface area contributed by atoms with Crippen LogP contribution in [0.5, 0.6) is 0 Å². The molecule has 5 heteroatoms. The van der Waals surface area contributed by atoms with Crippen LogP contribution < -0.4 is 11.1 Å². The maximum absolute atomic E-state index is 12.1. The van der Waals surface area contributed by atoms with Gasteiger partial charge in [-0.3, -0.25) is 4.79 Å². The van der Waals surface area contributed by atoms with E-state index in [-0.39, 0.29) is 24.4 Å². The van der Waals surface area contributed by atoms with Gasteiger partial charge in [0.05, 0.1) is 12.1 Å². The summed E-state index contributed by atoms with van der Waals surface area (Å²) >= 11 is 0. The fourth-order valence-electron chi connectivity index (χ4n) is 8.55. The van der Waals surface area contributed by atoms with Crippen molar-refractivity contribution in [2.45, 2.75) is 104 Å². The third-order valence-corrected chi connectivity index (χ3v) is 10.1. The van der Waals surface area contributed by atoms with Crippen LogP contribution >= 0.6 is 12.4 Å². The zero-order valence-corrected chi connectivity index (χ0v) is 19.6. The molecule has 0 aromatic carbocycles. The number of nitrogens with two attached hydrogens (primary N) is 1. The molecule has 0 aromatic heterocycles. The highest BCUT2D eigenvalue weighted by atomic mass is 35.5. The zero-order valence-electron chi connectivity index (χ0n) is 18.8. The van der Waals surface area contributed by atoms with Crippen LogP contribution in [0.25, 0.3) is 0 Å².